The molecule has 0 bridgehead atoms. The van der Waals surface area contributed by atoms with Gasteiger partial charge in [0.1, 0.15) is 5.60 Å². The predicted octanol–water partition coefficient (Wildman–Crippen LogP) is 3.21. The number of hydrogen-bond acceptors (Lipinski definition) is 5. The Morgan fingerprint density at radius 1 is 1.32 bits per heavy atom. The second-order valence-corrected chi connectivity index (χ2v) is 4.79. The summed E-state index contributed by atoms with van der Waals surface area (Å²) in [4.78, 5) is 22.6. The maximum absolute atomic E-state index is 11.6. The van der Waals surface area contributed by atoms with E-state index in [1.165, 1.54) is 6.07 Å². The summed E-state index contributed by atoms with van der Waals surface area (Å²) in [5, 5.41) is 0. The van der Waals surface area contributed by atoms with Crippen LogP contribution < -0.4 is 9.47 Å². The van der Waals surface area contributed by atoms with Crippen LogP contribution in [0.15, 0.2) is 18.2 Å². The molecular weight excluding hydrogens is 248 g/mol. The molecule has 0 aromatic heterocycles. The smallest absolute Gasteiger partial charge is 0.490 e. The van der Waals surface area contributed by atoms with Gasteiger partial charge in [-0.15, -0.1) is 0 Å². The zero-order valence-electron chi connectivity index (χ0n) is 11.6. The summed E-state index contributed by atoms with van der Waals surface area (Å²) < 4.78 is 15.4. The third-order valence-corrected chi connectivity index (χ3v) is 2.01. The van der Waals surface area contributed by atoms with Gasteiger partial charge in [-0.05, 0) is 39.8 Å². The number of para-hydroxylation sites is 1. The van der Waals surface area contributed by atoms with Crippen LogP contribution in [0.1, 0.15) is 38.1 Å². The van der Waals surface area contributed by atoms with Gasteiger partial charge < -0.3 is 14.2 Å². The van der Waals surface area contributed by atoms with E-state index in [0.717, 1.165) is 0 Å². The number of carbonyl (C=O) groups is 2. The number of rotatable bonds is 4. The van der Waals surface area contributed by atoms with Gasteiger partial charge in [0, 0.05) is 0 Å². The van der Waals surface area contributed by atoms with E-state index in [4.69, 9.17) is 14.2 Å². The van der Waals surface area contributed by atoms with E-state index in [1.807, 2.05) is 0 Å². The van der Waals surface area contributed by atoms with Crippen LogP contribution in [-0.2, 0) is 4.74 Å². The first-order valence-corrected chi connectivity index (χ1v) is 5.99. The minimum Gasteiger partial charge on any atom is -0.490 e. The fourth-order valence-corrected chi connectivity index (χ4v) is 1.36. The molecule has 0 aliphatic heterocycles. The molecule has 0 amide bonds. The molecule has 0 unspecified atom stereocenters. The maximum atomic E-state index is 11.6. The number of carbonyl (C=O) groups excluding carboxylic acids is 2. The molecule has 0 aliphatic carbocycles. The summed E-state index contributed by atoms with van der Waals surface area (Å²) in [5.74, 6) is 0.409. The second kappa shape index (κ2) is 6.22. The van der Waals surface area contributed by atoms with Crippen molar-refractivity contribution in [1.82, 2.24) is 0 Å². The van der Waals surface area contributed by atoms with E-state index < -0.39 is 11.8 Å². The Bertz CT molecular complexity index is 459. The number of aldehydes is 1. The molecule has 1 rings (SSSR count). The average Bonchev–Trinajstić information content (AvgIpc) is 2.29. The standard InChI is InChI=1S/C14H18O5/c1-5-17-11-8-6-7-10(9-15)12(11)18-13(16)19-14(2,3)4/h6-9H,5H2,1-4H3. The summed E-state index contributed by atoms with van der Waals surface area (Å²) in [5.41, 5.74) is -0.435. The quantitative estimate of drug-likeness (QED) is 0.475. The van der Waals surface area contributed by atoms with Gasteiger partial charge in [0.15, 0.2) is 17.8 Å². The topological polar surface area (TPSA) is 61.8 Å². The Balaban J connectivity index is 2.97. The third kappa shape index (κ3) is 4.62. The zero-order valence-corrected chi connectivity index (χ0v) is 11.6. The van der Waals surface area contributed by atoms with Crippen LogP contribution in [0.3, 0.4) is 0 Å². The van der Waals surface area contributed by atoms with E-state index >= 15 is 0 Å². The Kier molecular flexibility index (Phi) is 4.92. The van der Waals surface area contributed by atoms with Crippen molar-refractivity contribution in [1.29, 1.82) is 0 Å². The van der Waals surface area contributed by atoms with Crippen LogP contribution in [0.5, 0.6) is 11.5 Å². The van der Waals surface area contributed by atoms with Crippen molar-refractivity contribution in [3.63, 3.8) is 0 Å². The highest BCUT2D eigenvalue weighted by Crippen LogP contribution is 2.31. The van der Waals surface area contributed by atoms with Crippen molar-refractivity contribution in [2.45, 2.75) is 33.3 Å². The van der Waals surface area contributed by atoms with Crippen LogP contribution in [-0.4, -0.2) is 24.6 Å². The highest BCUT2D eigenvalue weighted by Gasteiger charge is 2.21. The van der Waals surface area contributed by atoms with Crippen molar-refractivity contribution in [2.24, 2.45) is 0 Å². The van der Waals surface area contributed by atoms with Gasteiger partial charge in [-0.1, -0.05) is 6.07 Å². The summed E-state index contributed by atoms with van der Waals surface area (Å²) in [6, 6.07) is 4.81. The minimum atomic E-state index is -0.872. The molecule has 0 fully saturated rings. The SMILES string of the molecule is CCOc1cccc(C=O)c1OC(=O)OC(C)(C)C. The van der Waals surface area contributed by atoms with Crippen molar-refractivity contribution in [2.75, 3.05) is 6.61 Å². The molecule has 0 saturated carbocycles. The van der Waals surface area contributed by atoms with E-state index in [1.54, 1.807) is 39.8 Å². The van der Waals surface area contributed by atoms with Crippen LogP contribution >= 0.6 is 0 Å². The van der Waals surface area contributed by atoms with E-state index in [-0.39, 0.29) is 11.3 Å². The monoisotopic (exact) mass is 266 g/mol. The molecule has 0 saturated heterocycles. The molecule has 0 atom stereocenters. The lowest BCUT2D eigenvalue weighted by Gasteiger charge is -2.19. The third-order valence-electron chi connectivity index (χ3n) is 2.01. The first kappa shape index (κ1) is 15.0. The predicted molar refractivity (Wildman–Crippen MR) is 69.9 cm³/mol. The molecule has 5 heteroatoms. The summed E-state index contributed by atoms with van der Waals surface area (Å²) >= 11 is 0. The van der Waals surface area contributed by atoms with E-state index in [0.29, 0.717) is 18.6 Å². The molecule has 1 aromatic carbocycles. The largest absolute Gasteiger partial charge is 0.514 e. The van der Waals surface area contributed by atoms with Crippen molar-refractivity contribution in [3.8, 4) is 11.5 Å². The number of ether oxygens (including phenoxy) is 3. The molecule has 104 valence electrons. The second-order valence-electron chi connectivity index (χ2n) is 4.79. The fraction of sp³-hybridized carbons (Fsp3) is 0.429. The molecule has 19 heavy (non-hydrogen) atoms. The van der Waals surface area contributed by atoms with Gasteiger partial charge in [-0.2, -0.15) is 0 Å². The van der Waals surface area contributed by atoms with Gasteiger partial charge in [-0.25, -0.2) is 4.79 Å². The maximum Gasteiger partial charge on any atom is 0.514 e. The lowest BCUT2D eigenvalue weighted by atomic mass is 10.2. The molecule has 0 aliphatic rings. The highest BCUT2D eigenvalue weighted by molar-refractivity contribution is 5.83. The Labute approximate surface area is 112 Å². The van der Waals surface area contributed by atoms with Crippen LogP contribution in [0, 0.1) is 0 Å². The molecular formula is C14H18O5. The molecule has 0 radical (unpaired) electrons. The van der Waals surface area contributed by atoms with Gasteiger partial charge in [0.25, 0.3) is 0 Å². The Morgan fingerprint density at radius 2 is 2.00 bits per heavy atom. The first-order valence-electron chi connectivity index (χ1n) is 5.99. The number of hydrogen-bond donors (Lipinski definition) is 0. The van der Waals surface area contributed by atoms with Crippen LogP contribution in [0.25, 0.3) is 0 Å². The minimum absolute atomic E-state index is 0.0774. The average molecular weight is 266 g/mol. The molecule has 0 spiro atoms. The zero-order chi connectivity index (χ0) is 14.5. The van der Waals surface area contributed by atoms with Crippen LogP contribution in [0.2, 0.25) is 0 Å². The lowest BCUT2D eigenvalue weighted by Crippen LogP contribution is -2.26. The fourth-order valence-electron chi connectivity index (χ4n) is 1.36. The van der Waals surface area contributed by atoms with Gasteiger partial charge >= 0.3 is 6.16 Å². The highest BCUT2D eigenvalue weighted by atomic mass is 16.7. The molecule has 5 nitrogen and oxygen atoms in total. The molecule has 1 aromatic rings. The van der Waals surface area contributed by atoms with E-state index in [2.05, 4.69) is 0 Å². The van der Waals surface area contributed by atoms with Gasteiger partial charge in [0.05, 0.1) is 12.2 Å². The Morgan fingerprint density at radius 3 is 2.53 bits per heavy atom. The van der Waals surface area contributed by atoms with Crippen LogP contribution in [0.4, 0.5) is 4.79 Å². The first-order chi connectivity index (χ1) is 8.87. The lowest BCUT2D eigenvalue weighted by molar-refractivity contribution is 0.0199. The normalized spacial score (nSPS) is 10.7. The van der Waals surface area contributed by atoms with Gasteiger partial charge in [0.2, 0.25) is 0 Å². The van der Waals surface area contributed by atoms with Crippen molar-refractivity contribution >= 4 is 12.4 Å². The molecule has 0 heterocycles. The summed E-state index contributed by atoms with van der Waals surface area (Å²) in [6.45, 7) is 7.37. The summed E-state index contributed by atoms with van der Waals surface area (Å²) in [6.07, 6.45) is -0.273. The molecule has 0 N–H and O–H groups in total. The number of benzene rings is 1. The van der Waals surface area contributed by atoms with Crippen molar-refractivity contribution in [3.05, 3.63) is 23.8 Å². The van der Waals surface area contributed by atoms with Crippen molar-refractivity contribution < 1.29 is 23.8 Å². The van der Waals surface area contributed by atoms with E-state index in [9.17, 15) is 9.59 Å². The Hall–Kier alpha value is -2.04. The van der Waals surface area contributed by atoms with Gasteiger partial charge in [-0.3, -0.25) is 4.79 Å². The summed E-state index contributed by atoms with van der Waals surface area (Å²) in [7, 11) is 0.